The van der Waals surface area contributed by atoms with Gasteiger partial charge in [0, 0.05) is 6.42 Å². The number of para-hydroxylation sites is 1. The maximum absolute atomic E-state index is 13.1. The largest absolute Gasteiger partial charge is 0.461 e. The van der Waals surface area contributed by atoms with E-state index in [4.69, 9.17) is 9.73 Å². The summed E-state index contributed by atoms with van der Waals surface area (Å²) < 4.78 is 5.79. The first kappa shape index (κ1) is 13.8. The third kappa shape index (κ3) is 1.24. The average molecular weight is 334 g/mol. The SMILES string of the molecule is C=CCC12C(=O)NC3CC1C1C(=O)OC2CC12C3=Nc1ccccc12. The Kier molecular flexibility index (Phi) is 2.23. The Hall–Kier alpha value is -2.43. The topological polar surface area (TPSA) is 67.8 Å². The van der Waals surface area contributed by atoms with Crippen LogP contribution in [0.1, 0.15) is 24.8 Å². The Bertz CT molecular complexity index is 906. The fourth-order valence-corrected chi connectivity index (χ4v) is 6.51. The lowest BCUT2D eigenvalue weighted by Gasteiger charge is -2.67. The summed E-state index contributed by atoms with van der Waals surface area (Å²) in [6.45, 7) is 3.86. The number of amides is 1. The molecule has 6 atom stereocenters. The molecule has 1 aromatic carbocycles. The number of nitrogens with zero attached hydrogens (tertiary/aromatic N) is 1. The Labute approximate surface area is 145 Å². The number of piperidine rings is 1. The summed E-state index contributed by atoms with van der Waals surface area (Å²) in [5.41, 5.74) is 1.98. The minimum Gasteiger partial charge on any atom is -0.461 e. The van der Waals surface area contributed by atoms with Gasteiger partial charge in [-0.15, -0.1) is 6.58 Å². The van der Waals surface area contributed by atoms with Crippen LogP contribution >= 0.6 is 0 Å². The average Bonchev–Trinajstić information content (AvgIpc) is 2.91. The van der Waals surface area contributed by atoms with Crippen molar-refractivity contribution in [2.24, 2.45) is 22.2 Å². The molecule has 4 aliphatic heterocycles. The number of esters is 1. The Morgan fingerprint density at radius 1 is 1.36 bits per heavy atom. The van der Waals surface area contributed by atoms with Crippen LogP contribution in [-0.2, 0) is 19.7 Å². The molecule has 5 fully saturated rings. The van der Waals surface area contributed by atoms with Crippen molar-refractivity contribution in [2.75, 3.05) is 0 Å². The lowest BCUT2D eigenvalue weighted by atomic mass is 9.40. The third-order valence-corrected chi connectivity index (χ3v) is 7.30. The third-order valence-electron chi connectivity index (χ3n) is 7.30. The second-order valence-electron chi connectivity index (χ2n) is 7.99. The predicted octanol–water partition coefficient (Wildman–Crippen LogP) is 2.04. The predicted molar refractivity (Wildman–Crippen MR) is 90.5 cm³/mol. The van der Waals surface area contributed by atoms with Crippen LogP contribution in [0.25, 0.3) is 0 Å². The monoisotopic (exact) mass is 334 g/mol. The van der Waals surface area contributed by atoms with E-state index in [0.717, 1.165) is 23.4 Å². The van der Waals surface area contributed by atoms with Crippen LogP contribution in [0.3, 0.4) is 0 Å². The number of allylic oxidation sites excluding steroid dienone is 1. The molecule has 6 aliphatic rings. The zero-order valence-corrected chi connectivity index (χ0v) is 13.7. The lowest BCUT2D eigenvalue weighted by molar-refractivity contribution is -0.222. The molecular weight excluding hydrogens is 316 g/mol. The van der Waals surface area contributed by atoms with Crippen molar-refractivity contribution in [1.82, 2.24) is 5.32 Å². The summed E-state index contributed by atoms with van der Waals surface area (Å²) in [5, 5.41) is 3.20. The van der Waals surface area contributed by atoms with Gasteiger partial charge in [0.2, 0.25) is 5.91 Å². The van der Waals surface area contributed by atoms with E-state index in [-0.39, 0.29) is 29.8 Å². The molecule has 126 valence electrons. The number of hydrogen-bond donors (Lipinski definition) is 1. The van der Waals surface area contributed by atoms with Crippen LogP contribution in [0.4, 0.5) is 5.69 Å². The highest BCUT2D eigenvalue weighted by atomic mass is 16.5. The van der Waals surface area contributed by atoms with E-state index in [2.05, 4.69) is 18.0 Å². The van der Waals surface area contributed by atoms with Gasteiger partial charge in [0.1, 0.15) is 6.10 Å². The highest BCUT2D eigenvalue weighted by Gasteiger charge is 2.77. The number of rotatable bonds is 2. The van der Waals surface area contributed by atoms with Gasteiger partial charge in [-0.05, 0) is 30.4 Å². The molecule has 0 aromatic heterocycles. The minimum absolute atomic E-state index is 0.00288. The van der Waals surface area contributed by atoms with Gasteiger partial charge in [-0.3, -0.25) is 14.6 Å². The van der Waals surface area contributed by atoms with Gasteiger partial charge in [-0.25, -0.2) is 0 Å². The van der Waals surface area contributed by atoms with Gasteiger partial charge in [0.25, 0.3) is 0 Å². The fraction of sp³-hybridized carbons (Fsp3) is 0.450. The summed E-state index contributed by atoms with van der Waals surface area (Å²) in [5.74, 6) is -0.474. The zero-order valence-electron chi connectivity index (χ0n) is 13.7. The second-order valence-corrected chi connectivity index (χ2v) is 7.99. The number of nitrogens with one attached hydrogen (secondary N) is 1. The molecule has 2 saturated carbocycles. The van der Waals surface area contributed by atoms with Crippen LogP contribution in [0, 0.1) is 17.3 Å². The van der Waals surface area contributed by atoms with Crippen LogP contribution in [0.15, 0.2) is 41.9 Å². The number of hydrogen-bond acceptors (Lipinski definition) is 4. The fourth-order valence-electron chi connectivity index (χ4n) is 6.51. The first-order valence-electron chi connectivity index (χ1n) is 8.94. The van der Waals surface area contributed by atoms with Crippen LogP contribution < -0.4 is 5.32 Å². The van der Waals surface area contributed by atoms with E-state index in [0.29, 0.717) is 12.8 Å². The molecule has 1 amide bonds. The maximum Gasteiger partial charge on any atom is 0.310 e. The summed E-state index contributed by atoms with van der Waals surface area (Å²) >= 11 is 0. The molecule has 7 rings (SSSR count). The molecule has 25 heavy (non-hydrogen) atoms. The van der Waals surface area contributed by atoms with Crippen molar-refractivity contribution in [3.05, 3.63) is 42.5 Å². The number of fused-ring (bicyclic) bond motifs is 4. The summed E-state index contributed by atoms with van der Waals surface area (Å²) in [4.78, 5) is 30.9. The molecule has 1 N–H and O–H groups in total. The molecular formula is C20H18N2O3. The van der Waals surface area contributed by atoms with Gasteiger partial charge >= 0.3 is 5.97 Å². The van der Waals surface area contributed by atoms with Gasteiger partial charge in [0.15, 0.2) is 0 Å². The minimum atomic E-state index is -0.662. The molecule has 1 aromatic rings. The van der Waals surface area contributed by atoms with Gasteiger partial charge in [-0.2, -0.15) is 0 Å². The van der Waals surface area contributed by atoms with E-state index >= 15 is 0 Å². The van der Waals surface area contributed by atoms with Gasteiger partial charge in [-0.1, -0.05) is 24.3 Å². The van der Waals surface area contributed by atoms with E-state index in [1.807, 2.05) is 18.2 Å². The van der Waals surface area contributed by atoms with Gasteiger partial charge < -0.3 is 10.1 Å². The number of carbonyl (C=O) groups excluding carboxylic acids is 2. The van der Waals surface area contributed by atoms with E-state index in [1.54, 1.807) is 6.08 Å². The lowest BCUT2D eigenvalue weighted by Crippen LogP contribution is -2.80. The van der Waals surface area contributed by atoms with Crippen molar-refractivity contribution < 1.29 is 14.3 Å². The molecule has 5 bridgehead atoms. The molecule has 0 radical (unpaired) electrons. The summed E-state index contributed by atoms with van der Waals surface area (Å²) in [6, 6.07) is 8.01. The number of carbonyl (C=O) groups is 2. The summed E-state index contributed by atoms with van der Waals surface area (Å²) in [7, 11) is 0. The first-order valence-corrected chi connectivity index (χ1v) is 8.94. The standard InChI is InChI=1S/C20H18N2O3/c1-2-7-19-11-8-13(22-18(19)24)16-20(9-14(19)25-17(23)15(11)20)10-5-3-4-6-12(10)21-16/h2-6,11,13-15H,1,7-9H2,(H,22,24). The van der Waals surface area contributed by atoms with Crippen LogP contribution in [0.5, 0.6) is 0 Å². The van der Waals surface area contributed by atoms with E-state index < -0.39 is 16.9 Å². The molecule has 5 nitrogen and oxygen atoms in total. The number of aliphatic imine (C=N–C) groups is 1. The van der Waals surface area contributed by atoms with Crippen LogP contribution in [0.2, 0.25) is 0 Å². The van der Waals surface area contributed by atoms with Crippen LogP contribution in [-0.4, -0.2) is 29.7 Å². The Morgan fingerprint density at radius 3 is 3.04 bits per heavy atom. The van der Waals surface area contributed by atoms with E-state index in [9.17, 15) is 9.59 Å². The quantitative estimate of drug-likeness (QED) is 0.665. The molecule has 3 saturated heterocycles. The smallest absolute Gasteiger partial charge is 0.310 e. The van der Waals surface area contributed by atoms with Crippen molar-refractivity contribution in [2.45, 2.75) is 36.8 Å². The van der Waals surface area contributed by atoms with Crippen molar-refractivity contribution in [3.63, 3.8) is 0 Å². The normalized spacial score (nSPS) is 44.6. The maximum atomic E-state index is 13.1. The van der Waals surface area contributed by atoms with Crippen molar-refractivity contribution >= 4 is 23.3 Å². The van der Waals surface area contributed by atoms with Gasteiger partial charge in [0.05, 0.1) is 34.2 Å². The van der Waals surface area contributed by atoms with Crippen molar-refractivity contribution in [1.29, 1.82) is 0 Å². The Balaban J connectivity index is 1.67. The Morgan fingerprint density at radius 2 is 2.20 bits per heavy atom. The highest BCUT2D eigenvalue weighted by Crippen LogP contribution is 2.68. The number of ether oxygens (including phenoxy) is 1. The van der Waals surface area contributed by atoms with Crippen molar-refractivity contribution in [3.8, 4) is 0 Å². The number of benzene rings is 1. The first-order chi connectivity index (χ1) is 12.1. The molecule has 2 aliphatic carbocycles. The molecule has 5 heteroatoms. The summed E-state index contributed by atoms with van der Waals surface area (Å²) in [6.07, 6.45) is 3.37. The second kappa shape index (κ2) is 4.03. The molecule has 1 spiro atoms. The zero-order chi connectivity index (χ0) is 17.0. The van der Waals surface area contributed by atoms with E-state index in [1.165, 1.54) is 0 Å². The highest BCUT2D eigenvalue weighted by molar-refractivity contribution is 6.13. The molecule has 6 unspecified atom stereocenters. The molecule has 4 heterocycles.